The third kappa shape index (κ3) is 3.13. The average molecular weight is 251 g/mol. The highest BCUT2D eigenvalue weighted by Crippen LogP contribution is 2.15. The first-order valence-electron chi connectivity index (χ1n) is 3.69. The third-order valence-corrected chi connectivity index (χ3v) is 2.21. The van der Waals surface area contributed by atoms with Gasteiger partial charge in [-0.25, -0.2) is 0 Å². The van der Waals surface area contributed by atoms with Crippen LogP contribution in [0.25, 0.3) is 0 Å². The first-order chi connectivity index (χ1) is 5.24. The van der Waals surface area contributed by atoms with Crippen molar-refractivity contribution in [1.82, 2.24) is 0 Å². The first-order valence-corrected chi connectivity index (χ1v) is 4.48. The van der Waals surface area contributed by atoms with Crippen LogP contribution < -0.4 is 5.73 Å². The van der Waals surface area contributed by atoms with Gasteiger partial charge in [-0.1, -0.05) is 22.0 Å². The summed E-state index contributed by atoms with van der Waals surface area (Å²) < 4.78 is 1.13. The predicted molar refractivity (Wildman–Crippen MR) is 58.9 cm³/mol. The molecule has 1 aromatic rings. The van der Waals surface area contributed by atoms with Crippen molar-refractivity contribution < 1.29 is 0 Å². The van der Waals surface area contributed by atoms with E-state index in [1.54, 1.807) is 0 Å². The number of rotatable bonds is 2. The highest BCUT2D eigenvalue weighted by Gasteiger charge is 1.96. The monoisotopic (exact) mass is 249 g/mol. The van der Waals surface area contributed by atoms with E-state index in [9.17, 15) is 0 Å². The molecule has 0 bridgehead atoms. The Labute approximate surface area is 87.9 Å². The largest absolute Gasteiger partial charge is 0.330 e. The van der Waals surface area contributed by atoms with E-state index in [-0.39, 0.29) is 12.4 Å². The lowest BCUT2D eigenvalue weighted by atomic mass is 10.1. The molecule has 0 atom stereocenters. The van der Waals surface area contributed by atoms with E-state index >= 15 is 0 Å². The molecule has 1 nitrogen and oxygen atoms in total. The molecule has 68 valence electrons. The van der Waals surface area contributed by atoms with Gasteiger partial charge in [-0.2, -0.15) is 0 Å². The van der Waals surface area contributed by atoms with Crippen LogP contribution in [0.1, 0.15) is 11.1 Å². The maximum absolute atomic E-state index is 5.46. The van der Waals surface area contributed by atoms with E-state index < -0.39 is 0 Å². The summed E-state index contributed by atoms with van der Waals surface area (Å²) in [6.45, 7) is 2.83. The molecule has 0 saturated heterocycles. The van der Waals surface area contributed by atoms with Gasteiger partial charge in [0.1, 0.15) is 0 Å². The summed E-state index contributed by atoms with van der Waals surface area (Å²) in [6.07, 6.45) is 0.971. The normalized spacial score (nSPS) is 9.25. The van der Waals surface area contributed by atoms with Gasteiger partial charge in [-0.05, 0) is 43.1 Å². The summed E-state index contributed by atoms with van der Waals surface area (Å²) in [5.41, 5.74) is 8.11. The Morgan fingerprint density at radius 3 is 2.58 bits per heavy atom. The molecule has 0 aliphatic heterocycles. The maximum Gasteiger partial charge on any atom is 0.0178 e. The van der Waals surface area contributed by atoms with Gasteiger partial charge < -0.3 is 5.73 Å². The van der Waals surface area contributed by atoms with Crippen molar-refractivity contribution in [2.24, 2.45) is 5.73 Å². The van der Waals surface area contributed by atoms with Gasteiger partial charge in [0.25, 0.3) is 0 Å². The molecule has 1 aromatic carbocycles. The van der Waals surface area contributed by atoms with E-state index in [1.807, 2.05) is 0 Å². The standard InChI is InChI=1S/C9H12BrN.ClH/c1-7-6-9(10)3-2-8(7)4-5-11;/h2-3,6H,4-5,11H2,1H3;1H. The topological polar surface area (TPSA) is 26.0 Å². The molecule has 12 heavy (non-hydrogen) atoms. The molecule has 0 heterocycles. The quantitative estimate of drug-likeness (QED) is 0.858. The number of halogens is 2. The maximum atomic E-state index is 5.46. The Kier molecular flexibility index (Phi) is 5.55. The fourth-order valence-corrected chi connectivity index (χ4v) is 1.57. The SMILES string of the molecule is Cc1cc(Br)ccc1CCN.Cl. The highest BCUT2D eigenvalue weighted by atomic mass is 79.9. The van der Waals surface area contributed by atoms with Gasteiger partial charge in [0.2, 0.25) is 0 Å². The molecule has 3 heteroatoms. The van der Waals surface area contributed by atoms with Gasteiger partial charge in [0, 0.05) is 4.47 Å². The third-order valence-electron chi connectivity index (χ3n) is 1.72. The second-order valence-electron chi connectivity index (χ2n) is 2.61. The molecule has 2 N–H and O–H groups in total. The van der Waals surface area contributed by atoms with Crippen LogP contribution in [0.3, 0.4) is 0 Å². The van der Waals surface area contributed by atoms with Crippen LogP contribution in [0.2, 0.25) is 0 Å². The summed E-state index contributed by atoms with van der Waals surface area (Å²) in [5.74, 6) is 0. The molecule has 0 aromatic heterocycles. The van der Waals surface area contributed by atoms with Crippen molar-refractivity contribution in [3.63, 3.8) is 0 Å². The minimum absolute atomic E-state index is 0. The van der Waals surface area contributed by atoms with E-state index in [0.29, 0.717) is 0 Å². The number of hydrogen-bond acceptors (Lipinski definition) is 1. The van der Waals surface area contributed by atoms with Gasteiger partial charge in [-0.3, -0.25) is 0 Å². The van der Waals surface area contributed by atoms with Crippen LogP contribution in [-0.4, -0.2) is 6.54 Å². The molecule has 0 fully saturated rings. The fraction of sp³-hybridized carbons (Fsp3) is 0.333. The molecule has 0 aliphatic rings. The Hall–Kier alpha value is -0.0500. The van der Waals surface area contributed by atoms with E-state index in [2.05, 4.69) is 41.1 Å². The minimum atomic E-state index is 0. The van der Waals surface area contributed by atoms with Crippen LogP contribution in [0, 0.1) is 6.92 Å². The zero-order valence-electron chi connectivity index (χ0n) is 7.01. The predicted octanol–water partition coefficient (Wildman–Crippen LogP) is 2.68. The van der Waals surface area contributed by atoms with Crippen LogP contribution in [0.5, 0.6) is 0 Å². The van der Waals surface area contributed by atoms with Crippen LogP contribution in [-0.2, 0) is 6.42 Å². The van der Waals surface area contributed by atoms with E-state index in [4.69, 9.17) is 5.73 Å². The Morgan fingerprint density at radius 1 is 1.42 bits per heavy atom. The molecular weight excluding hydrogens is 237 g/mol. The number of aryl methyl sites for hydroxylation is 1. The summed E-state index contributed by atoms with van der Waals surface area (Å²) in [6, 6.07) is 6.29. The van der Waals surface area contributed by atoms with Gasteiger partial charge >= 0.3 is 0 Å². The Balaban J connectivity index is 0.00000121. The van der Waals surface area contributed by atoms with Crippen molar-refractivity contribution in [3.8, 4) is 0 Å². The molecule has 0 amide bonds. The average Bonchev–Trinajstić information content (AvgIpc) is 1.95. The van der Waals surface area contributed by atoms with Crippen molar-refractivity contribution in [2.75, 3.05) is 6.54 Å². The van der Waals surface area contributed by atoms with Crippen molar-refractivity contribution in [1.29, 1.82) is 0 Å². The molecule has 0 aliphatic carbocycles. The molecule has 0 unspecified atom stereocenters. The number of hydrogen-bond donors (Lipinski definition) is 1. The molecule has 0 spiro atoms. The zero-order chi connectivity index (χ0) is 8.27. The van der Waals surface area contributed by atoms with Crippen molar-refractivity contribution >= 4 is 28.3 Å². The fourth-order valence-electron chi connectivity index (χ4n) is 1.10. The van der Waals surface area contributed by atoms with Crippen LogP contribution >= 0.6 is 28.3 Å². The minimum Gasteiger partial charge on any atom is -0.330 e. The second kappa shape index (κ2) is 5.57. The lowest BCUT2D eigenvalue weighted by molar-refractivity contribution is 0.957. The number of nitrogens with two attached hydrogens (primary N) is 1. The molecule has 0 radical (unpaired) electrons. The summed E-state index contributed by atoms with van der Waals surface area (Å²) in [5, 5.41) is 0. The summed E-state index contributed by atoms with van der Waals surface area (Å²) in [7, 11) is 0. The van der Waals surface area contributed by atoms with Crippen molar-refractivity contribution in [2.45, 2.75) is 13.3 Å². The van der Waals surface area contributed by atoms with Gasteiger partial charge in [-0.15, -0.1) is 12.4 Å². The summed E-state index contributed by atoms with van der Waals surface area (Å²) >= 11 is 3.42. The zero-order valence-corrected chi connectivity index (χ0v) is 9.41. The lowest BCUT2D eigenvalue weighted by Crippen LogP contribution is -2.03. The first kappa shape index (κ1) is 11.9. The van der Waals surface area contributed by atoms with Gasteiger partial charge in [0.15, 0.2) is 0 Å². The summed E-state index contributed by atoms with van der Waals surface area (Å²) in [4.78, 5) is 0. The molecule has 0 saturated carbocycles. The molecule has 1 rings (SSSR count). The van der Waals surface area contributed by atoms with E-state index in [1.165, 1.54) is 11.1 Å². The highest BCUT2D eigenvalue weighted by molar-refractivity contribution is 9.10. The van der Waals surface area contributed by atoms with Crippen LogP contribution in [0.15, 0.2) is 22.7 Å². The Bertz CT molecular complexity index is 250. The van der Waals surface area contributed by atoms with E-state index in [0.717, 1.165) is 17.4 Å². The van der Waals surface area contributed by atoms with Crippen LogP contribution in [0.4, 0.5) is 0 Å². The van der Waals surface area contributed by atoms with Crippen molar-refractivity contribution in [3.05, 3.63) is 33.8 Å². The smallest absolute Gasteiger partial charge is 0.0178 e. The second-order valence-corrected chi connectivity index (χ2v) is 3.53. The number of benzene rings is 1. The molecular formula is C9H13BrClN. The van der Waals surface area contributed by atoms with Gasteiger partial charge in [0.05, 0.1) is 0 Å². The lowest BCUT2D eigenvalue weighted by Gasteiger charge is -2.03. The Morgan fingerprint density at radius 2 is 2.08 bits per heavy atom.